The quantitative estimate of drug-likeness (QED) is 0.682. The summed E-state index contributed by atoms with van der Waals surface area (Å²) in [5.41, 5.74) is 0. The molecule has 2 aromatic heterocycles. The summed E-state index contributed by atoms with van der Waals surface area (Å²) in [5, 5.41) is 19.2. The van der Waals surface area contributed by atoms with Crippen molar-refractivity contribution in [1.82, 2.24) is 20.4 Å². The Bertz CT molecular complexity index is 707. The van der Waals surface area contributed by atoms with Crippen LogP contribution in [0.25, 0.3) is 10.8 Å². The van der Waals surface area contributed by atoms with Crippen LogP contribution in [0.1, 0.15) is 24.0 Å². The molecule has 3 rings (SSSR count). The van der Waals surface area contributed by atoms with Gasteiger partial charge in [-0.1, -0.05) is 36.0 Å². The Hall–Kier alpha value is -1.95. The van der Waals surface area contributed by atoms with E-state index in [4.69, 9.17) is 4.42 Å². The minimum Gasteiger partial charge on any atom is -0.424 e. The summed E-state index contributed by atoms with van der Waals surface area (Å²) in [6, 6.07) is 8.05. The van der Waals surface area contributed by atoms with Gasteiger partial charge in [0.05, 0.1) is 11.4 Å². The third-order valence-electron chi connectivity index (χ3n) is 2.71. The van der Waals surface area contributed by atoms with Crippen molar-refractivity contribution in [3.05, 3.63) is 42.2 Å². The second kappa shape index (κ2) is 4.97. The van der Waals surface area contributed by atoms with E-state index in [0.717, 1.165) is 15.8 Å². The highest BCUT2D eigenvalue weighted by Crippen LogP contribution is 2.35. The minimum atomic E-state index is 0.0429. The van der Waals surface area contributed by atoms with Gasteiger partial charge in [0.25, 0.3) is 0 Å². The monoisotopic (exact) mass is 272 g/mol. The second-order valence-corrected chi connectivity index (χ2v) is 5.49. The van der Waals surface area contributed by atoms with Gasteiger partial charge in [-0.15, -0.1) is 15.3 Å². The van der Waals surface area contributed by atoms with Crippen LogP contribution in [0.5, 0.6) is 0 Å². The Labute approximate surface area is 114 Å². The van der Waals surface area contributed by atoms with E-state index in [2.05, 4.69) is 20.4 Å². The maximum absolute atomic E-state index is 5.44. The van der Waals surface area contributed by atoms with Crippen LogP contribution in [0.15, 0.2) is 39.9 Å². The first-order valence-corrected chi connectivity index (χ1v) is 6.79. The molecule has 0 radical (unpaired) electrons. The van der Waals surface area contributed by atoms with Gasteiger partial charge in [0.2, 0.25) is 11.8 Å². The Morgan fingerprint density at radius 3 is 2.79 bits per heavy atom. The van der Waals surface area contributed by atoms with Gasteiger partial charge in [0, 0.05) is 17.7 Å². The first-order chi connectivity index (χ1) is 9.24. The summed E-state index contributed by atoms with van der Waals surface area (Å²) >= 11 is 1.57. The van der Waals surface area contributed by atoms with Crippen LogP contribution >= 0.6 is 11.8 Å². The van der Waals surface area contributed by atoms with Gasteiger partial charge < -0.3 is 4.42 Å². The zero-order chi connectivity index (χ0) is 13.2. The third-order valence-corrected chi connectivity index (χ3v) is 3.79. The highest BCUT2D eigenvalue weighted by molar-refractivity contribution is 7.99. The second-order valence-electron chi connectivity index (χ2n) is 4.16. The van der Waals surface area contributed by atoms with Crippen LogP contribution in [0.2, 0.25) is 0 Å². The van der Waals surface area contributed by atoms with Crippen LogP contribution in [0.3, 0.4) is 0 Å². The zero-order valence-electron chi connectivity index (χ0n) is 10.6. The maximum atomic E-state index is 5.44. The average molecular weight is 272 g/mol. The molecule has 0 amide bonds. The van der Waals surface area contributed by atoms with E-state index in [9.17, 15) is 0 Å². The van der Waals surface area contributed by atoms with Crippen LogP contribution in [0, 0.1) is 6.92 Å². The van der Waals surface area contributed by atoms with Crippen molar-refractivity contribution in [3.63, 3.8) is 0 Å². The molecule has 0 fully saturated rings. The van der Waals surface area contributed by atoms with Crippen LogP contribution < -0.4 is 0 Å². The molecule has 1 aromatic carbocycles. The molecule has 0 spiro atoms. The fourth-order valence-electron chi connectivity index (χ4n) is 1.78. The molecule has 0 aliphatic rings. The number of aromatic nitrogens is 4. The normalized spacial score (nSPS) is 12.7. The molecular formula is C13H12N4OS. The molecule has 5 nitrogen and oxygen atoms in total. The highest BCUT2D eigenvalue weighted by Gasteiger charge is 2.16. The van der Waals surface area contributed by atoms with E-state index in [0.29, 0.717) is 11.8 Å². The summed E-state index contributed by atoms with van der Waals surface area (Å²) in [6.07, 6.45) is 1.76. The molecule has 0 saturated carbocycles. The summed E-state index contributed by atoms with van der Waals surface area (Å²) < 4.78 is 5.44. The van der Waals surface area contributed by atoms with Gasteiger partial charge in [-0.3, -0.25) is 0 Å². The lowest BCUT2D eigenvalue weighted by molar-refractivity contribution is 0.470. The maximum Gasteiger partial charge on any atom is 0.229 e. The van der Waals surface area contributed by atoms with Crippen LogP contribution in [-0.2, 0) is 0 Å². The van der Waals surface area contributed by atoms with Gasteiger partial charge in [0.1, 0.15) is 5.03 Å². The molecule has 0 aliphatic heterocycles. The van der Waals surface area contributed by atoms with Crippen molar-refractivity contribution < 1.29 is 4.42 Å². The lowest BCUT2D eigenvalue weighted by Crippen LogP contribution is -1.93. The standard InChI is InChI=1S/C13H12N4OS/c1-8(12-16-15-9(2)18-12)19-13-11-6-4-3-5-10(11)7-14-17-13/h3-8H,1-2H3/t8-/m1/s1. The van der Waals surface area contributed by atoms with Crippen molar-refractivity contribution >= 4 is 22.5 Å². The molecular weight excluding hydrogens is 260 g/mol. The van der Waals surface area contributed by atoms with Crippen LogP contribution in [-0.4, -0.2) is 20.4 Å². The number of nitrogens with zero attached hydrogens (tertiary/aromatic N) is 4. The van der Waals surface area contributed by atoms with Gasteiger partial charge in [-0.25, -0.2) is 0 Å². The molecule has 2 heterocycles. The zero-order valence-corrected chi connectivity index (χ0v) is 11.4. The van der Waals surface area contributed by atoms with E-state index in [1.807, 2.05) is 31.2 Å². The number of rotatable bonds is 3. The molecule has 3 aromatic rings. The largest absolute Gasteiger partial charge is 0.424 e. The van der Waals surface area contributed by atoms with Crippen LogP contribution in [0.4, 0.5) is 0 Å². The number of thioether (sulfide) groups is 1. The fraction of sp³-hybridized carbons (Fsp3) is 0.231. The Kier molecular flexibility index (Phi) is 3.16. The first-order valence-electron chi connectivity index (χ1n) is 5.91. The lowest BCUT2D eigenvalue weighted by Gasteiger charge is -2.07. The minimum absolute atomic E-state index is 0.0429. The number of fused-ring (bicyclic) bond motifs is 1. The summed E-state index contributed by atoms with van der Waals surface area (Å²) in [4.78, 5) is 0. The Morgan fingerprint density at radius 2 is 2.00 bits per heavy atom. The van der Waals surface area contributed by atoms with Gasteiger partial charge in [-0.05, 0) is 6.92 Å². The van der Waals surface area contributed by atoms with E-state index in [1.165, 1.54) is 0 Å². The smallest absolute Gasteiger partial charge is 0.229 e. The predicted molar refractivity (Wildman–Crippen MR) is 72.8 cm³/mol. The number of aryl methyl sites for hydroxylation is 1. The first kappa shape index (κ1) is 12.1. The predicted octanol–water partition coefficient (Wildman–Crippen LogP) is 3.17. The van der Waals surface area contributed by atoms with Gasteiger partial charge in [0.15, 0.2) is 0 Å². The SMILES string of the molecule is Cc1nnc([C@@H](C)Sc2nncc3ccccc23)o1. The molecule has 6 heteroatoms. The van der Waals surface area contributed by atoms with Crippen molar-refractivity contribution in [1.29, 1.82) is 0 Å². The van der Waals surface area contributed by atoms with Crippen molar-refractivity contribution in [3.8, 4) is 0 Å². The van der Waals surface area contributed by atoms with Gasteiger partial charge >= 0.3 is 0 Å². The molecule has 19 heavy (non-hydrogen) atoms. The topological polar surface area (TPSA) is 64.7 Å². The molecule has 0 N–H and O–H groups in total. The molecule has 1 atom stereocenters. The Balaban J connectivity index is 1.93. The third kappa shape index (κ3) is 2.44. The highest BCUT2D eigenvalue weighted by atomic mass is 32.2. The fourth-order valence-corrected chi connectivity index (χ4v) is 2.72. The molecule has 0 aliphatic carbocycles. The van der Waals surface area contributed by atoms with Crippen molar-refractivity contribution in [2.24, 2.45) is 0 Å². The number of hydrogen-bond acceptors (Lipinski definition) is 6. The van der Waals surface area contributed by atoms with E-state index in [-0.39, 0.29) is 5.25 Å². The van der Waals surface area contributed by atoms with Crippen molar-refractivity contribution in [2.45, 2.75) is 24.1 Å². The average Bonchev–Trinajstić information content (AvgIpc) is 2.86. The number of benzene rings is 1. The van der Waals surface area contributed by atoms with Crippen molar-refractivity contribution in [2.75, 3.05) is 0 Å². The summed E-state index contributed by atoms with van der Waals surface area (Å²) in [7, 11) is 0. The van der Waals surface area contributed by atoms with E-state index in [1.54, 1.807) is 24.9 Å². The van der Waals surface area contributed by atoms with E-state index >= 15 is 0 Å². The molecule has 96 valence electrons. The molecule has 0 unspecified atom stereocenters. The lowest BCUT2D eigenvalue weighted by atomic mass is 10.2. The molecule has 0 saturated heterocycles. The molecule has 0 bridgehead atoms. The summed E-state index contributed by atoms with van der Waals surface area (Å²) in [5.74, 6) is 1.18. The van der Waals surface area contributed by atoms with Gasteiger partial charge in [-0.2, -0.15) is 5.10 Å². The Morgan fingerprint density at radius 1 is 1.16 bits per heavy atom. The van der Waals surface area contributed by atoms with E-state index < -0.39 is 0 Å². The summed E-state index contributed by atoms with van der Waals surface area (Å²) in [6.45, 7) is 3.80. The number of hydrogen-bond donors (Lipinski definition) is 0.